The molecule has 0 amide bonds. The summed E-state index contributed by atoms with van der Waals surface area (Å²) in [5, 5.41) is 0. The Labute approximate surface area is 104 Å². The summed E-state index contributed by atoms with van der Waals surface area (Å²) in [5.41, 5.74) is 7.95. The molecule has 0 bridgehead atoms. The maximum Gasteiger partial charge on any atom is 0.111 e. The number of aromatic nitrogens is 2. The number of nitrogens with two attached hydrogens (primary N) is 1. The molecule has 1 aromatic carbocycles. The summed E-state index contributed by atoms with van der Waals surface area (Å²) < 4.78 is 3.16. The number of fused-ring (bicyclic) bond motifs is 1. The van der Waals surface area contributed by atoms with Crippen LogP contribution in [0.3, 0.4) is 0 Å². The monoisotopic (exact) mass is 281 g/mol. The van der Waals surface area contributed by atoms with Gasteiger partial charge in [-0.3, -0.25) is 0 Å². The molecule has 86 valence electrons. The normalized spacial score (nSPS) is 12.3. The first-order chi connectivity index (χ1) is 7.37. The molecule has 0 radical (unpaired) electrons. The minimum atomic E-state index is -0.230. The van der Waals surface area contributed by atoms with E-state index in [2.05, 4.69) is 31.5 Å². The minimum absolute atomic E-state index is 0.230. The number of rotatable bonds is 2. The molecular formula is C12H16BrN3. The van der Waals surface area contributed by atoms with Gasteiger partial charge >= 0.3 is 0 Å². The van der Waals surface area contributed by atoms with Crippen molar-refractivity contribution < 1.29 is 0 Å². The zero-order valence-corrected chi connectivity index (χ0v) is 11.4. The van der Waals surface area contributed by atoms with Crippen LogP contribution in [0.5, 0.6) is 0 Å². The molecule has 2 N–H and O–H groups in total. The van der Waals surface area contributed by atoms with Gasteiger partial charge in [0.25, 0.3) is 0 Å². The van der Waals surface area contributed by atoms with E-state index in [0.29, 0.717) is 0 Å². The quantitative estimate of drug-likeness (QED) is 0.920. The van der Waals surface area contributed by atoms with Crippen molar-refractivity contribution >= 4 is 27.0 Å². The standard InChI is InChI=1S/C12H16BrN3/c1-12(2,14)7-11-15-9-6-8(13)4-5-10(9)16(11)3/h4-6H,7,14H2,1-3H3. The lowest BCUT2D eigenvalue weighted by Crippen LogP contribution is -2.35. The van der Waals surface area contributed by atoms with Crippen molar-refractivity contribution in [3.8, 4) is 0 Å². The smallest absolute Gasteiger partial charge is 0.111 e. The molecule has 0 atom stereocenters. The highest BCUT2D eigenvalue weighted by atomic mass is 79.9. The van der Waals surface area contributed by atoms with Crippen LogP contribution in [-0.2, 0) is 13.5 Å². The van der Waals surface area contributed by atoms with Gasteiger partial charge in [-0.05, 0) is 32.0 Å². The van der Waals surface area contributed by atoms with Gasteiger partial charge < -0.3 is 10.3 Å². The van der Waals surface area contributed by atoms with Gasteiger partial charge in [-0.25, -0.2) is 4.98 Å². The van der Waals surface area contributed by atoms with Gasteiger partial charge in [-0.1, -0.05) is 15.9 Å². The molecule has 1 heterocycles. The Morgan fingerprint density at radius 3 is 2.75 bits per heavy atom. The number of benzene rings is 1. The van der Waals surface area contributed by atoms with E-state index < -0.39 is 0 Å². The first-order valence-electron chi connectivity index (χ1n) is 5.26. The van der Waals surface area contributed by atoms with Crippen molar-refractivity contribution in [3.63, 3.8) is 0 Å². The number of nitrogens with zero attached hydrogens (tertiary/aromatic N) is 2. The highest BCUT2D eigenvalue weighted by molar-refractivity contribution is 9.10. The zero-order chi connectivity index (χ0) is 11.9. The van der Waals surface area contributed by atoms with E-state index in [1.165, 1.54) is 0 Å². The van der Waals surface area contributed by atoms with Gasteiger partial charge in [0.2, 0.25) is 0 Å². The molecule has 0 unspecified atom stereocenters. The third-order valence-electron chi connectivity index (χ3n) is 2.55. The fourth-order valence-electron chi connectivity index (χ4n) is 1.79. The molecule has 16 heavy (non-hydrogen) atoms. The fraction of sp³-hybridized carbons (Fsp3) is 0.417. The number of hydrogen-bond donors (Lipinski definition) is 1. The van der Waals surface area contributed by atoms with Crippen LogP contribution in [0.2, 0.25) is 0 Å². The summed E-state index contributed by atoms with van der Waals surface area (Å²) in [6.07, 6.45) is 0.774. The van der Waals surface area contributed by atoms with Gasteiger partial charge in [0.15, 0.2) is 0 Å². The van der Waals surface area contributed by atoms with Crippen LogP contribution in [0.15, 0.2) is 22.7 Å². The molecule has 3 nitrogen and oxygen atoms in total. The highest BCUT2D eigenvalue weighted by Crippen LogP contribution is 2.21. The zero-order valence-electron chi connectivity index (χ0n) is 9.79. The van der Waals surface area contributed by atoms with Crippen LogP contribution in [-0.4, -0.2) is 15.1 Å². The summed E-state index contributed by atoms with van der Waals surface area (Å²) in [6.45, 7) is 4.03. The van der Waals surface area contributed by atoms with Crippen LogP contribution in [0.1, 0.15) is 19.7 Å². The van der Waals surface area contributed by atoms with E-state index in [1.54, 1.807) is 0 Å². The van der Waals surface area contributed by atoms with E-state index in [-0.39, 0.29) is 5.54 Å². The lowest BCUT2D eigenvalue weighted by Gasteiger charge is -2.17. The van der Waals surface area contributed by atoms with Crippen LogP contribution in [0.4, 0.5) is 0 Å². The third kappa shape index (κ3) is 2.28. The summed E-state index contributed by atoms with van der Waals surface area (Å²) in [4.78, 5) is 4.61. The van der Waals surface area contributed by atoms with E-state index in [0.717, 1.165) is 27.8 Å². The van der Waals surface area contributed by atoms with Gasteiger partial charge in [0.1, 0.15) is 5.82 Å². The molecule has 0 spiro atoms. The average Bonchev–Trinajstić information content (AvgIpc) is 2.40. The number of halogens is 1. The Kier molecular flexibility index (Phi) is 2.80. The molecule has 0 aliphatic rings. The second kappa shape index (κ2) is 3.86. The maximum atomic E-state index is 6.03. The predicted molar refractivity (Wildman–Crippen MR) is 70.4 cm³/mol. The lowest BCUT2D eigenvalue weighted by atomic mass is 10.0. The number of aryl methyl sites for hydroxylation is 1. The van der Waals surface area contributed by atoms with E-state index >= 15 is 0 Å². The molecule has 0 saturated carbocycles. The Bertz CT molecular complexity index is 523. The van der Waals surface area contributed by atoms with E-state index in [1.807, 2.05) is 33.0 Å². The Morgan fingerprint density at radius 1 is 1.44 bits per heavy atom. The fourth-order valence-corrected chi connectivity index (χ4v) is 2.14. The molecule has 2 rings (SSSR count). The van der Waals surface area contributed by atoms with Crippen molar-refractivity contribution in [1.82, 2.24) is 9.55 Å². The summed E-state index contributed by atoms with van der Waals surface area (Å²) in [5.74, 6) is 1.03. The Morgan fingerprint density at radius 2 is 2.12 bits per heavy atom. The largest absolute Gasteiger partial charge is 0.331 e. The van der Waals surface area contributed by atoms with E-state index in [4.69, 9.17) is 5.73 Å². The number of imidazole rings is 1. The predicted octanol–water partition coefficient (Wildman–Crippen LogP) is 2.62. The first kappa shape index (κ1) is 11.6. The second-order valence-corrected chi connectivity index (χ2v) is 5.80. The maximum absolute atomic E-state index is 6.03. The molecule has 0 aliphatic heterocycles. The van der Waals surface area contributed by atoms with Gasteiger partial charge in [-0.15, -0.1) is 0 Å². The molecular weight excluding hydrogens is 266 g/mol. The van der Waals surface area contributed by atoms with Crippen LogP contribution in [0, 0.1) is 0 Å². The highest BCUT2D eigenvalue weighted by Gasteiger charge is 2.16. The SMILES string of the molecule is Cn1c(CC(C)(C)N)nc2cc(Br)ccc21. The van der Waals surface area contributed by atoms with Gasteiger partial charge in [0.05, 0.1) is 11.0 Å². The molecule has 1 aromatic heterocycles. The molecule has 2 aromatic rings. The van der Waals surface area contributed by atoms with Crippen molar-refractivity contribution in [3.05, 3.63) is 28.5 Å². The van der Waals surface area contributed by atoms with Crippen LogP contribution < -0.4 is 5.73 Å². The van der Waals surface area contributed by atoms with Gasteiger partial charge in [0, 0.05) is 23.5 Å². The van der Waals surface area contributed by atoms with Crippen molar-refractivity contribution in [2.75, 3.05) is 0 Å². The average molecular weight is 282 g/mol. The minimum Gasteiger partial charge on any atom is -0.331 e. The molecule has 4 heteroatoms. The summed E-state index contributed by atoms with van der Waals surface area (Å²) in [6, 6.07) is 6.13. The Hall–Kier alpha value is -0.870. The van der Waals surface area contributed by atoms with Gasteiger partial charge in [-0.2, -0.15) is 0 Å². The van der Waals surface area contributed by atoms with Crippen LogP contribution >= 0.6 is 15.9 Å². The summed E-state index contributed by atoms with van der Waals surface area (Å²) >= 11 is 3.45. The number of hydrogen-bond acceptors (Lipinski definition) is 2. The van der Waals surface area contributed by atoms with Crippen molar-refractivity contribution in [2.45, 2.75) is 25.8 Å². The Balaban J connectivity index is 2.52. The lowest BCUT2D eigenvalue weighted by molar-refractivity contribution is 0.495. The van der Waals surface area contributed by atoms with Crippen LogP contribution in [0.25, 0.3) is 11.0 Å². The molecule has 0 saturated heterocycles. The second-order valence-electron chi connectivity index (χ2n) is 4.89. The molecule has 0 fully saturated rings. The summed E-state index contributed by atoms with van der Waals surface area (Å²) in [7, 11) is 2.03. The van der Waals surface area contributed by atoms with Crippen molar-refractivity contribution in [1.29, 1.82) is 0 Å². The first-order valence-corrected chi connectivity index (χ1v) is 6.06. The van der Waals surface area contributed by atoms with Crippen molar-refractivity contribution in [2.24, 2.45) is 12.8 Å². The topological polar surface area (TPSA) is 43.8 Å². The van der Waals surface area contributed by atoms with E-state index in [9.17, 15) is 0 Å². The third-order valence-corrected chi connectivity index (χ3v) is 3.04. The molecule has 0 aliphatic carbocycles.